The van der Waals surface area contributed by atoms with Crippen molar-refractivity contribution in [3.05, 3.63) is 36.0 Å². The second kappa shape index (κ2) is 13.4. The number of carbonyl (C=O) groups excluding carboxylic acids is 2. The molecule has 4 rings (SSSR count). The number of pyridine rings is 1. The fourth-order valence-electron chi connectivity index (χ4n) is 5.50. The highest BCUT2D eigenvalue weighted by molar-refractivity contribution is 5.93. The minimum Gasteiger partial charge on any atom is -0.478 e. The summed E-state index contributed by atoms with van der Waals surface area (Å²) in [5.41, 5.74) is 1.24. The van der Waals surface area contributed by atoms with Crippen molar-refractivity contribution in [2.24, 2.45) is 5.92 Å². The number of hydrogen-bond donors (Lipinski definition) is 2. The molecule has 2 saturated heterocycles. The van der Waals surface area contributed by atoms with Gasteiger partial charge in [-0.25, -0.2) is 24.2 Å². The van der Waals surface area contributed by atoms with Crippen molar-refractivity contribution in [1.29, 1.82) is 0 Å². The van der Waals surface area contributed by atoms with Crippen molar-refractivity contribution in [3.63, 3.8) is 0 Å². The van der Waals surface area contributed by atoms with Gasteiger partial charge in [0.05, 0.1) is 6.61 Å². The molecular formula is C27H39N5O7. The van der Waals surface area contributed by atoms with E-state index in [4.69, 9.17) is 14.9 Å². The number of aliphatic carboxylic acids is 2. The van der Waals surface area contributed by atoms with Gasteiger partial charge < -0.3 is 29.6 Å². The first kappa shape index (κ1) is 29.9. The molecular weight excluding hydrogens is 506 g/mol. The Labute approximate surface area is 228 Å². The molecule has 0 bridgehead atoms. The number of rotatable bonds is 5. The number of carboxylic acid groups (broad SMARTS) is 2. The summed E-state index contributed by atoms with van der Waals surface area (Å²) in [4.78, 5) is 56.2. The van der Waals surface area contributed by atoms with Gasteiger partial charge in [-0.05, 0) is 57.7 Å². The fourth-order valence-corrected chi connectivity index (χ4v) is 5.50. The van der Waals surface area contributed by atoms with Crippen LogP contribution >= 0.6 is 0 Å². The number of fused-ring (bicyclic) bond motifs is 2. The summed E-state index contributed by atoms with van der Waals surface area (Å²) in [6.45, 7) is 7.76. The van der Waals surface area contributed by atoms with E-state index >= 15 is 0 Å². The topological polar surface area (TPSA) is 144 Å². The number of likely N-dealkylation sites (tertiary alicyclic amines) is 2. The molecule has 0 aromatic carbocycles. The van der Waals surface area contributed by atoms with Crippen molar-refractivity contribution >= 4 is 29.9 Å². The normalized spacial score (nSPS) is 18.8. The van der Waals surface area contributed by atoms with Gasteiger partial charge in [-0.2, -0.15) is 0 Å². The Kier molecular flexibility index (Phi) is 10.3. The predicted molar refractivity (Wildman–Crippen MR) is 144 cm³/mol. The van der Waals surface area contributed by atoms with E-state index < -0.39 is 11.9 Å². The van der Waals surface area contributed by atoms with Crippen LogP contribution in [0.2, 0.25) is 0 Å². The molecule has 3 amide bonds. The lowest BCUT2D eigenvalue weighted by atomic mass is 9.74. The van der Waals surface area contributed by atoms with Gasteiger partial charge in [0.1, 0.15) is 5.82 Å². The zero-order chi connectivity index (χ0) is 28.6. The third-order valence-electron chi connectivity index (χ3n) is 7.53. The van der Waals surface area contributed by atoms with E-state index in [0.717, 1.165) is 70.8 Å². The Morgan fingerprint density at radius 1 is 1.08 bits per heavy atom. The van der Waals surface area contributed by atoms with Gasteiger partial charge in [0.2, 0.25) is 0 Å². The number of nitrogens with zero attached hydrogens (tertiary/aromatic N) is 5. The molecule has 4 heterocycles. The van der Waals surface area contributed by atoms with Crippen LogP contribution in [0.4, 0.5) is 15.4 Å². The SMILES string of the molecule is CCOC(=O)N1CCC(CN2CCC3(CC2)CN(C(=O)N(C)C)c2ncccc23)CC1.O=C(O)/C=C/C(=O)O. The highest BCUT2D eigenvalue weighted by Crippen LogP contribution is 2.46. The van der Waals surface area contributed by atoms with Gasteiger partial charge in [0.25, 0.3) is 0 Å². The minimum atomic E-state index is -1.26. The second-order valence-corrected chi connectivity index (χ2v) is 10.4. The fraction of sp³-hybridized carbons (Fsp3) is 0.593. The summed E-state index contributed by atoms with van der Waals surface area (Å²) >= 11 is 0. The van der Waals surface area contributed by atoms with Crippen molar-refractivity contribution in [1.82, 2.24) is 19.7 Å². The number of aromatic nitrogens is 1. The lowest BCUT2D eigenvalue weighted by molar-refractivity contribution is -0.134. The molecule has 3 aliphatic rings. The van der Waals surface area contributed by atoms with E-state index in [2.05, 4.69) is 16.0 Å². The van der Waals surface area contributed by atoms with Gasteiger partial charge in [0, 0.05) is 69.6 Å². The van der Waals surface area contributed by atoms with E-state index in [9.17, 15) is 19.2 Å². The van der Waals surface area contributed by atoms with E-state index in [1.807, 2.05) is 22.8 Å². The van der Waals surface area contributed by atoms with Crippen molar-refractivity contribution in [2.45, 2.75) is 38.0 Å². The lowest BCUT2D eigenvalue weighted by Gasteiger charge is -2.42. The molecule has 0 saturated carbocycles. The summed E-state index contributed by atoms with van der Waals surface area (Å²) in [5, 5.41) is 15.6. The van der Waals surface area contributed by atoms with Crippen molar-refractivity contribution in [3.8, 4) is 0 Å². The minimum absolute atomic E-state index is 0.00705. The summed E-state index contributed by atoms with van der Waals surface area (Å²) in [6.07, 6.45) is 6.90. The largest absolute Gasteiger partial charge is 0.478 e. The number of amides is 3. The number of carboxylic acids is 2. The second-order valence-electron chi connectivity index (χ2n) is 10.4. The third kappa shape index (κ3) is 7.69. The van der Waals surface area contributed by atoms with E-state index in [-0.39, 0.29) is 17.5 Å². The van der Waals surface area contributed by atoms with Crippen LogP contribution in [0.3, 0.4) is 0 Å². The number of ether oxygens (including phenoxy) is 1. The molecule has 3 aliphatic heterocycles. The lowest BCUT2D eigenvalue weighted by Crippen LogP contribution is -2.49. The number of anilines is 1. The maximum atomic E-state index is 12.7. The molecule has 12 nitrogen and oxygen atoms in total. The molecule has 12 heteroatoms. The zero-order valence-electron chi connectivity index (χ0n) is 22.9. The first-order valence-corrected chi connectivity index (χ1v) is 13.3. The molecule has 2 N–H and O–H groups in total. The third-order valence-corrected chi connectivity index (χ3v) is 7.53. The van der Waals surface area contributed by atoms with Gasteiger partial charge in [0.15, 0.2) is 0 Å². The molecule has 2 fully saturated rings. The Morgan fingerprint density at radius 2 is 1.69 bits per heavy atom. The van der Waals surface area contributed by atoms with Gasteiger partial charge in [-0.3, -0.25) is 4.90 Å². The highest BCUT2D eigenvalue weighted by atomic mass is 16.6. The Balaban J connectivity index is 0.000000459. The summed E-state index contributed by atoms with van der Waals surface area (Å²) < 4.78 is 5.13. The molecule has 1 aromatic rings. The smallest absolute Gasteiger partial charge is 0.409 e. The molecule has 0 aliphatic carbocycles. The zero-order valence-corrected chi connectivity index (χ0v) is 22.9. The Hall–Kier alpha value is -3.67. The molecule has 0 radical (unpaired) electrons. The van der Waals surface area contributed by atoms with E-state index in [0.29, 0.717) is 24.7 Å². The quantitative estimate of drug-likeness (QED) is 0.533. The van der Waals surface area contributed by atoms with Crippen LogP contribution in [-0.2, 0) is 19.7 Å². The monoisotopic (exact) mass is 545 g/mol. The Bertz CT molecular complexity index is 1040. The van der Waals surface area contributed by atoms with Crippen LogP contribution in [-0.4, -0.2) is 114 Å². The summed E-state index contributed by atoms with van der Waals surface area (Å²) in [5.74, 6) is -1.05. The summed E-state index contributed by atoms with van der Waals surface area (Å²) in [7, 11) is 3.59. The van der Waals surface area contributed by atoms with E-state index in [1.165, 1.54) is 5.56 Å². The maximum absolute atomic E-state index is 12.7. The Morgan fingerprint density at radius 3 is 2.23 bits per heavy atom. The first-order chi connectivity index (χ1) is 18.6. The average Bonchev–Trinajstić information content (AvgIpc) is 3.23. The van der Waals surface area contributed by atoms with Crippen LogP contribution in [0.15, 0.2) is 30.5 Å². The van der Waals surface area contributed by atoms with Crippen LogP contribution < -0.4 is 4.90 Å². The number of piperidine rings is 2. The maximum Gasteiger partial charge on any atom is 0.409 e. The number of hydrogen-bond acceptors (Lipinski definition) is 7. The number of urea groups is 1. The average molecular weight is 546 g/mol. The molecule has 214 valence electrons. The number of carbonyl (C=O) groups is 4. The van der Waals surface area contributed by atoms with Gasteiger partial charge >= 0.3 is 24.1 Å². The molecule has 0 atom stereocenters. The molecule has 0 unspecified atom stereocenters. The summed E-state index contributed by atoms with van der Waals surface area (Å²) in [6, 6.07) is 4.16. The van der Waals surface area contributed by atoms with Crippen LogP contribution in [0, 0.1) is 5.92 Å². The van der Waals surface area contributed by atoms with Gasteiger partial charge in [-0.15, -0.1) is 0 Å². The van der Waals surface area contributed by atoms with Crippen LogP contribution in [0.25, 0.3) is 0 Å². The van der Waals surface area contributed by atoms with Crippen molar-refractivity contribution < 1.29 is 34.1 Å². The first-order valence-electron chi connectivity index (χ1n) is 13.3. The van der Waals surface area contributed by atoms with Crippen molar-refractivity contribution in [2.75, 3.05) is 64.9 Å². The van der Waals surface area contributed by atoms with Crippen LogP contribution in [0.5, 0.6) is 0 Å². The van der Waals surface area contributed by atoms with Gasteiger partial charge in [-0.1, -0.05) is 6.07 Å². The highest BCUT2D eigenvalue weighted by Gasteiger charge is 2.47. The predicted octanol–water partition coefficient (Wildman–Crippen LogP) is 2.50. The molecule has 1 aromatic heterocycles. The standard InChI is InChI=1S/C23H35N5O3.C4H4O4/c1-4-31-22(30)27-12-7-18(8-13-27)16-26-14-9-23(10-15-26)17-28(21(29)25(2)3)20-19(23)6-5-11-24-20;5-3(6)1-2-4(7)8/h5-6,11,18H,4,7-10,12-17H2,1-3H3;1-2H,(H,5,6)(H,7,8)/b;2-1+. The van der Waals surface area contributed by atoms with E-state index in [1.54, 1.807) is 25.2 Å². The molecule has 39 heavy (non-hydrogen) atoms. The van der Waals surface area contributed by atoms with Crippen LogP contribution in [0.1, 0.15) is 38.2 Å². The molecule has 1 spiro atoms.